The molecule has 0 atom stereocenters. The molecule has 0 aliphatic rings. The lowest BCUT2D eigenvalue weighted by atomic mass is 10.1. The van der Waals surface area contributed by atoms with Crippen LogP contribution in [0.4, 0.5) is 17.3 Å². The van der Waals surface area contributed by atoms with Crippen molar-refractivity contribution >= 4 is 17.3 Å². The standard InChI is InChI=1S/C14H16N6/c1-2-3-12-13(17-9-18-14(12)20-16)19-11-6-4-10(8-15)5-7-11/h4-7,9H,2-3,16H2,1H3,(H2,17,18,19,20). The van der Waals surface area contributed by atoms with Gasteiger partial charge in [-0.15, -0.1) is 0 Å². The molecule has 6 nitrogen and oxygen atoms in total. The van der Waals surface area contributed by atoms with E-state index in [1.54, 1.807) is 12.1 Å². The summed E-state index contributed by atoms with van der Waals surface area (Å²) in [6.07, 6.45) is 3.24. The van der Waals surface area contributed by atoms with Gasteiger partial charge in [0.25, 0.3) is 0 Å². The molecule has 102 valence electrons. The van der Waals surface area contributed by atoms with Crippen molar-refractivity contribution in [3.8, 4) is 6.07 Å². The topological polar surface area (TPSA) is 99.7 Å². The van der Waals surface area contributed by atoms with Crippen molar-refractivity contribution in [2.45, 2.75) is 19.8 Å². The first kappa shape index (κ1) is 13.8. The van der Waals surface area contributed by atoms with Crippen molar-refractivity contribution in [3.05, 3.63) is 41.7 Å². The molecule has 0 bridgehead atoms. The molecule has 0 radical (unpaired) electrons. The van der Waals surface area contributed by atoms with Crippen molar-refractivity contribution < 1.29 is 0 Å². The fourth-order valence-electron chi connectivity index (χ4n) is 1.90. The number of hydrogen-bond acceptors (Lipinski definition) is 6. The third-order valence-corrected chi connectivity index (χ3v) is 2.86. The Morgan fingerprint density at radius 3 is 2.50 bits per heavy atom. The number of aromatic nitrogens is 2. The number of rotatable bonds is 5. The average Bonchev–Trinajstić information content (AvgIpc) is 2.50. The zero-order chi connectivity index (χ0) is 14.4. The Morgan fingerprint density at radius 2 is 1.90 bits per heavy atom. The summed E-state index contributed by atoms with van der Waals surface area (Å²) >= 11 is 0. The smallest absolute Gasteiger partial charge is 0.148 e. The Bertz CT molecular complexity index is 615. The molecule has 4 N–H and O–H groups in total. The predicted octanol–water partition coefficient (Wildman–Crippen LogP) is 2.33. The summed E-state index contributed by atoms with van der Waals surface area (Å²) in [5, 5.41) is 12.0. The summed E-state index contributed by atoms with van der Waals surface area (Å²) in [6.45, 7) is 2.08. The minimum Gasteiger partial charge on any atom is -0.340 e. The summed E-state index contributed by atoms with van der Waals surface area (Å²) in [5.41, 5.74) is 5.02. The van der Waals surface area contributed by atoms with Crippen LogP contribution in [0.25, 0.3) is 0 Å². The van der Waals surface area contributed by atoms with E-state index in [-0.39, 0.29) is 0 Å². The normalized spacial score (nSPS) is 9.85. The summed E-state index contributed by atoms with van der Waals surface area (Å²) in [6, 6.07) is 9.28. The van der Waals surface area contributed by atoms with E-state index in [4.69, 9.17) is 11.1 Å². The first-order valence-corrected chi connectivity index (χ1v) is 6.36. The molecule has 20 heavy (non-hydrogen) atoms. The molecule has 2 aromatic rings. The first-order chi connectivity index (χ1) is 9.78. The van der Waals surface area contributed by atoms with Gasteiger partial charge in [0.2, 0.25) is 0 Å². The van der Waals surface area contributed by atoms with E-state index in [0.717, 1.165) is 29.9 Å². The third kappa shape index (κ3) is 3.02. The van der Waals surface area contributed by atoms with Crippen LogP contribution in [0.2, 0.25) is 0 Å². The molecule has 0 fully saturated rings. The summed E-state index contributed by atoms with van der Waals surface area (Å²) in [5.74, 6) is 6.82. The lowest BCUT2D eigenvalue weighted by Gasteiger charge is -2.13. The number of nitrogens with zero attached hydrogens (tertiary/aromatic N) is 3. The Kier molecular flexibility index (Phi) is 4.47. The minimum absolute atomic E-state index is 0.622. The molecule has 0 saturated carbocycles. The van der Waals surface area contributed by atoms with E-state index < -0.39 is 0 Å². The Morgan fingerprint density at radius 1 is 1.20 bits per heavy atom. The van der Waals surface area contributed by atoms with Gasteiger partial charge in [-0.1, -0.05) is 13.3 Å². The van der Waals surface area contributed by atoms with Crippen molar-refractivity contribution in [1.29, 1.82) is 5.26 Å². The summed E-state index contributed by atoms with van der Waals surface area (Å²) in [4.78, 5) is 8.38. The van der Waals surface area contributed by atoms with Crippen LogP contribution in [0.3, 0.4) is 0 Å². The van der Waals surface area contributed by atoms with Gasteiger partial charge >= 0.3 is 0 Å². The van der Waals surface area contributed by atoms with Crippen LogP contribution in [0.1, 0.15) is 24.5 Å². The predicted molar refractivity (Wildman–Crippen MR) is 78.3 cm³/mol. The van der Waals surface area contributed by atoms with Gasteiger partial charge in [0.05, 0.1) is 11.6 Å². The van der Waals surface area contributed by atoms with E-state index in [0.29, 0.717) is 11.4 Å². The van der Waals surface area contributed by atoms with E-state index in [2.05, 4.69) is 33.7 Å². The van der Waals surface area contributed by atoms with E-state index in [1.165, 1.54) is 6.33 Å². The van der Waals surface area contributed by atoms with E-state index in [9.17, 15) is 0 Å². The lowest BCUT2D eigenvalue weighted by molar-refractivity contribution is 0.903. The monoisotopic (exact) mass is 268 g/mol. The Hall–Kier alpha value is -2.65. The van der Waals surface area contributed by atoms with Gasteiger partial charge in [0, 0.05) is 11.3 Å². The van der Waals surface area contributed by atoms with Crippen LogP contribution in [-0.2, 0) is 6.42 Å². The minimum atomic E-state index is 0.622. The number of nitrogen functional groups attached to an aromatic ring is 1. The van der Waals surface area contributed by atoms with Gasteiger partial charge in [-0.3, -0.25) is 0 Å². The van der Waals surface area contributed by atoms with Crippen molar-refractivity contribution in [1.82, 2.24) is 9.97 Å². The molecule has 6 heteroatoms. The third-order valence-electron chi connectivity index (χ3n) is 2.86. The Labute approximate surface area is 117 Å². The fourth-order valence-corrected chi connectivity index (χ4v) is 1.90. The highest BCUT2D eigenvalue weighted by atomic mass is 15.3. The molecular formula is C14H16N6. The second-order valence-corrected chi connectivity index (χ2v) is 4.26. The van der Waals surface area contributed by atoms with Gasteiger partial charge in [-0.05, 0) is 30.7 Å². The highest BCUT2D eigenvalue weighted by Gasteiger charge is 2.10. The summed E-state index contributed by atoms with van der Waals surface area (Å²) < 4.78 is 0. The van der Waals surface area contributed by atoms with Gasteiger partial charge in [0.1, 0.15) is 18.0 Å². The molecule has 0 aliphatic carbocycles. The SMILES string of the molecule is CCCc1c(NN)ncnc1Nc1ccc(C#N)cc1. The molecule has 0 spiro atoms. The molecule has 0 saturated heterocycles. The van der Waals surface area contributed by atoms with Gasteiger partial charge in [0.15, 0.2) is 0 Å². The highest BCUT2D eigenvalue weighted by Crippen LogP contribution is 2.24. The number of anilines is 3. The molecule has 0 aliphatic heterocycles. The number of nitriles is 1. The average molecular weight is 268 g/mol. The number of hydrogen-bond donors (Lipinski definition) is 3. The van der Waals surface area contributed by atoms with Crippen LogP contribution in [0, 0.1) is 11.3 Å². The summed E-state index contributed by atoms with van der Waals surface area (Å²) in [7, 11) is 0. The zero-order valence-corrected chi connectivity index (χ0v) is 11.2. The van der Waals surface area contributed by atoms with Crippen LogP contribution >= 0.6 is 0 Å². The molecule has 0 unspecified atom stereocenters. The highest BCUT2D eigenvalue weighted by molar-refractivity contribution is 5.65. The van der Waals surface area contributed by atoms with Crippen molar-refractivity contribution in [2.24, 2.45) is 5.84 Å². The number of nitrogens with two attached hydrogens (primary N) is 1. The maximum atomic E-state index is 8.79. The van der Waals surface area contributed by atoms with Crippen molar-refractivity contribution in [2.75, 3.05) is 10.7 Å². The molecule has 1 heterocycles. The second kappa shape index (κ2) is 6.50. The van der Waals surface area contributed by atoms with Crippen LogP contribution in [0.5, 0.6) is 0 Å². The van der Waals surface area contributed by atoms with Gasteiger partial charge in [-0.25, -0.2) is 15.8 Å². The maximum absolute atomic E-state index is 8.79. The van der Waals surface area contributed by atoms with E-state index in [1.807, 2.05) is 12.1 Å². The molecule has 2 rings (SSSR count). The zero-order valence-electron chi connectivity index (χ0n) is 11.2. The van der Waals surface area contributed by atoms with Crippen molar-refractivity contribution in [3.63, 3.8) is 0 Å². The van der Waals surface area contributed by atoms with Gasteiger partial charge in [-0.2, -0.15) is 5.26 Å². The van der Waals surface area contributed by atoms with Gasteiger partial charge < -0.3 is 10.7 Å². The number of hydrazine groups is 1. The van der Waals surface area contributed by atoms with Crippen LogP contribution in [0.15, 0.2) is 30.6 Å². The fraction of sp³-hybridized carbons (Fsp3) is 0.214. The lowest BCUT2D eigenvalue weighted by Crippen LogP contribution is -2.13. The first-order valence-electron chi connectivity index (χ1n) is 6.36. The molecule has 1 aromatic heterocycles. The quantitative estimate of drug-likeness (QED) is 0.568. The number of benzene rings is 1. The molecule has 0 amide bonds. The second-order valence-electron chi connectivity index (χ2n) is 4.26. The largest absolute Gasteiger partial charge is 0.340 e. The molecule has 1 aromatic carbocycles. The van der Waals surface area contributed by atoms with Crippen LogP contribution in [-0.4, -0.2) is 9.97 Å². The molecular weight excluding hydrogens is 252 g/mol. The maximum Gasteiger partial charge on any atom is 0.148 e. The van der Waals surface area contributed by atoms with Crippen LogP contribution < -0.4 is 16.6 Å². The Balaban J connectivity index is 2.30. The van der Waals surface area contributed by atoms with E-state index >= 15 is 0 Å². The number of nitrogens with one attached hydrogen (secondary N) is 2.